The number of hydrogen-bond acceptors (Lipinski definition) is 4. The molecule has 1 saturated heterocycles. The summed E-state index contributed by atoms with van der Waals surface area (Å²) in [6.07, 6.45) is 6.76. The maximum Gasteiger partial charge on any atom is 0.252 e. The first-order chi connectivity index (χ1) is 12.4. The molecule has 1 aromatic heterocycles. The molecule has 26 heavy (non-hydrogen) atoms. The Morgan fingerprint density at radius 3 is 2.65 bits per heavy atom. The van der Waals surface area contributed by atoms with Gasteiger partial charge in [-0.2, -0.15) is 5.10 Å². The van der Waals surface area contributed by atoms with Crippen molar-refractivity contribution in [2.75, 3.05) is 20.7 Å². The summed E-state index contributed by atoms with van der Waals surface area (Å²) in [5.74, 6) is 0.204. The van der Waals surface area contributed by atoms with E-state index in [1.165, 1.54) is 7.11 Å². The van der Waals surface area contributed by atoms with Gasteiger partial charge in [0.15, 0.2) is 0 Å². The number of hydrogen-bond donors (Lipinski definition) is 1. The van der Waals surface area contributed by atoms with E-state index < -0.39 is 5.91 Å². The number of methoxy groups -OCH3 is 1. The number of benzene rings is 1. The third kappa shape index (κ3) is 2.71. The first kappa shape index (κ1) is 16.9. The van der Waals surface area contributed by atoms with Crippen molar-refractivity contribution in [3.63, 3.8) is 0 Å². The van der Waals surface area contributed by atoms with E-state index in [1.807, 2.05) is 22.8 Å². The fourth-order valence-electron chi connectivity index (χ4n) is 4.54. The molecule has 2 amide bonds. The lowest BCUT2D eigenvalue weighted by molar-refractivity contribution is -0.126. The summed E-state index contributed by atoms with van der Waals surface area (Å²) in [4.78, 5) is 25.4. The minimum absolute atomic E-state index is 0.150. The van der Waals surface area contributed by atoms with Crippen LogP contribution in [0.3, 0.4) is 0 Å². The van der Waals surface area contributed by atoms with Gasteiger partial charge in [-0.25, -0.2) is 0 Å². The molecule has 2 aromatic rings. The Bertz CT molecular complexity index is 880. The molecule has 2 aliphatic rings. The molecule has 0 atom stereocenters. The number of amides is 2. The molecule has 1 aromatic carbocycles. The quantitative estimate of drug-likeness (QED) is 0.912. The van der Waals surface area contributed by atoms with Crippen LogP contribution in [-0.4, -0.2) is 47.2 Å². The fourth-order valence-corrected chi connectivity index (χ4v) is 4.54. The smallest absolute Gasteiger partial charge is 0.252 e. The van der Waals surface area contributed by atoms with Gasteiger partial charge in [-0.1, -0.05) is 0 Å². The highest BCUT2D eigenvalue weighted by atomic mass is 16.5. The summed E-state index contributed by atoms with van der Waals surface area (Å²) in [6.45, 7) is 0.874. The van der Waals surface area contributed by atoms with Crippen LogP contribution in [0.1, 0.15) is 48.5 Å². The van der Waals surface area contributed by atoms with E-state index in [2.05, 4.69) is 0 Å². The summed E-state index contributed by atoms with van der Waals surface area (Å²) in [5, 5.41) is 5.58. The van der Waals surface area contributed by atoms with Gasteiger partial charge < -0.3 is 15.4 Å². The average Bonchev–Trinajstić information content (AvgIpc) is 3.14. The Balaban J connectivity index is 1.56. The van der Waals surface area contributed by atoms with Crippen molar-refractivity contribution in [1.29, 1.82) is 0 Å². The van der Waals surface area contributed by atoms with Crippen molar-refractivity contribution in [2.45, 2.75) is 38.1 Å². The Kier molecular flexibility index (Phi) is 3.89. The van der Waals surface area contributed by atoms with Crippen LogP contribution in [0, 0.1) is 5.41 Å². The largest absolute Gasteiger partial charge is 0.496 e. The molecule has 0 bridgehead atoms. The zero-order valence-corrected chi connectivity index (χ0v) is 15.2. The van der Waals surface area contributed by atoms with Gasteiger partial charge in [0, 0.05) is 37.7 Å². The number of nitrogens with two attached hydrogens (primary N) is 1. The zero-order valence-electron chi connectivity index (χ0n) is 15.2. The number of ether oxygens (including phenoxy) is 1. The molecule has 2 fully saturated rings. The van der Waals surface area contributed by atoms with Crippen LogP contribution in [0.2, 0.25) is 0 Å². The topological polar surface area (TPSA) is 90.5 Å². The maximum atomic E-state index is 11.9. The minimum Gasteiger partial charge on any atom is -0.496 e. The number of rotatable bonds is 3. The van der Waals surface area contributed by atoms with Crippen LogP contribution < -0.4 is 10.5 Å². The predicted molar refractivity (Wildman–Crippen MR) is 97.0 cm³/mol. The molecule has 138 valence electrons. The molecule has 1 spiro atoms. The Morgan fingerprint density at radius 2 is 2.08 bits per heavy atom. The summed E-state index contributed by atoms with van der Waals surface area (Å²) < 4.78 is 7.27. The third-order valence-corrected chi connectivity index (χ3v) is 6.02. The van der Waals surface area contributed by atoms with Crippen LogP contribution >= 0.6 is 0 Å². The van der Waals surface area contributed by atoms with Crippen molar-refractivity contribution < 1.29 is 14.3 Å². The molecule has 1 saturated carbocycles. The monoisotopic (exact) mass is 356 g/mol. The van der Waals surface area contributed by atoms with Gasteiger partial charge in [0.1, 0.15) is 5.75 Å². The van der Waals surface area contributed by atoms with Gasteiger partial charge in [0.2, 0.25) is 5.91 Å². The number of nitrogens with zero attached hydrogens (tertiary/aromatic N) is 3. The molecule has 0 radical (unpaired) electrons. The van der Waals surface area contributed by atoms with Crippen molar-refractivity contribution >= 4 is 22.7 Å². The molecule has 7 heteroatoms. The lowest BCUT2D eigenvalue weighted by Gasteiger charge is -2.36. The normalized spacial score (nSPS) is 26.0. The summed E-state index contributed by atoms with van der Waals surface area (Å²) >= 11 is 0. The highest BCUT2D eigenvalue weighted by Crippen LogP contribution is 2.47. The molecule has 0 unspecified atom stereocenters. The molecule has 4 rings (SSSR count). The molecular weight excluding hydrogens is 332 g/mol. The van der Waals surface area contributed by atoms with E-state index >= 15 is 0 Å². The number of likely N-dealkylation sites (tertiary alicyclic amines) is 1. The van der Waals surface area contributed by atoms with E-state index in [9.17, 15) is 9.59 Å². The second-order valence-corrected chi connectivity index (χ2v) is 7.74. The number of primary amides is 1. The summed E-state index contributed by atoms with van der Waals surface area (Å²) in [7, 11) is 3.41. The Morgan fingerprint density at radius 1 is 1.35 bits per heavy atom. The van der Waals surface area contributed by atoms with E-state index in [1.54, 1.807) is 12.1 Å². The van der Waals surface area contributed by atoms with Crippen molar-refractivity contribution in [3.05, 3.63) is 23.9 Å². The standard InChI is InChI=1S/C19H24N4O3/c1-22-11-19(9-17(22)24)5-3-13(4-6-19)23-10-12-7-14(18(20)25)16(26-2)8-15(12)21-23/h7-8,10,13H,3-6,9,11H2,1-2H3,(H2,20,25). The fraction of sp³-hybridized carbons (Fsp3) is 0.526. The molecular formula is C19H24N4O3. The van der Waals surface area contributed by atoms with Gasteiger partial charge in [-0.05, 0) is 37.2 Å². The minimum atomic E-state index is -0.508. The van der Waals surface area contributed by atoms with E-state index in [4.69, 9.17) is 15.6 Å². The van der Waals surface area contributed by atoms with Gasteiger partial charge in [-0.3, -0.25) is 14.3 Å². The predicted octanol–water partition coefficient (Wildman–Crippen LogP) is 2.11. The van der Waals surface area contributed by atoms with Crippen LogP contribution in [0.15, 0.2) is 18.3 Å². The average molecular weight is 356 g/mol. The zero-order chi connectivity index (χ0) is 18.5. The number of carbonyl (C=O) groups is 2. The third-order valence-electron chi connectivity index (χ3n) is 6.02. The van der Waals surface area contributed by atoms with Gasteiger partial charge in [0.25, 0.3) is 5.91 Å². The van der Waals surface area contributed by atoms with E-state index in [0.29, 0.717) is 23.8 Å². The molecule has 1 aliphatic heterocycles. The molecule has 2 N–H and O–H groups in total. The lowest BCUT2D eigenvalue weighted by Crippen LogP contribution is -2.31. The van der Waals surface area contributed by atoms with Crippen LogP contribution in [0.5, 0.6) is 5.75 Å². The van der Waals surface area contributed by atoms with Crippen molar-refractivity contribution in [1.82, 2.24) is 14.7 Å². The summed E-state index contributed by atoms with van der Waals surface area (Å²) in [5.41, 5.74) is 6.76. The lowest BCUT2D eigenvalue weighted by atomic mass is 9.72. The highest BCUT2D eigenvalue weighted by Gasteiger charge is 2.44. The molecule has 7 nitrogen and oxygen atoms in total. The second kappa shape index (κ2) is 6.00. The Hall–Kier alpha value is -2.57. The number of aromatic nitrogens is 2. The van der Waals surface area contributed by atoms with Crippen molar-refractivity contribution in [2.24, 2.45) is 11.1 Å². The van der Waals surface area contributed by atoms with Crippen LogP contribution in [0.4, 0.5) is 0 Å². The van der Waals surface area contributed by atoms with Gasteiger partial charge in [-0.15, -0.1) is 0 Å². The van der Waals surface area contributed by atoms with Gasteiger partial charge >= 0.3 is 0 Å². The second-order valence-electron chi connectivity index (χ2n) is 7.74. The first-order valence-corrected chi connectivity index (χ1v) is 9.01. The maximum absolute atomic E-state index is 11.9. The molecule has 2 heterocycles. The highest BCUT2D eigenvalue weighted by molar-refractivity contribution is 6.00. The Labute approximate surface area is 152 Å². The van der Waals surface area contributed by atoms with Gasteiger partial charge in [0.05, 0.1) is 24.2 Å². The molecule has 1 aliphatic carbocycles. The first-order valence-electron chi connectivity index (χ1n) is 9.01. The summed E-state index contributed by atoms with van der Waals surface area (Å²) in [6, 6.07) is 3.83. The number of fused-ring (bicyclic) bond motifs is 1. The van der Waals surface area contributed by atoms with Crippen LogP contribution in [0.25, 0.3) is 10.9 Å². The number of carbonyl (C=O) groups excluding carboxylic acids is 2. The SMILES string of the molecule is COc1cc2nn(C3CCC4(CC3)CC(=O)N(C)C4)cc2cc1C(N)=O. The van der Waals surface area contributed by atoms with E-state index in [0.717, 1.165) is 43.1 Å². The van der Waals surface area contributed by atoms with Crippen molar-refractivity contribution in [3.8, 4) is 5.75 Å². The van der Waals surface area contributed by atoms with Crippen LogP contribution in [-0.2, 0) is 4.79 Å². The van der Waals surface area contributed by atoms with E-state index in [-0.39, 0.29) is 11.3 Å².